The summed E-state index contributed by atoms with van der Waals surface area (Å²) in [7, 11) is 0. The second-order valence-electron chi connectivity index (χ2n) is 3.79. The number of nitrogens with two attached hydrogens (primary N) is 1. The molecule has 0 aromatic carbocycles. The van der Waals surface area contributed by atoms with Crippen molar-refractivity contribution in [1.29, 1.82) is 0 Å². The van der Waals surface area contributed by atoms with Crippen molar-refractivity contribution in [2.24, 2.45) is 5.73 Å². The van der Waals surface area contributed by atoms with Gasteiger partial charge in [0.05, 0.1) is 0 Å². The Morgan fingerprint density at radius 2 is 2.33 bits per heavy atom. The quantitative estimate of drug-likeness (QED) is 0.723. The molecule has 0 aliphatic carbocycles. The predicted octanol–water partition coefficient (Wildman–Crippen LogP) is 1.45. The Morgan fingerprint density at radius 1 is 1.60 bits per heavy atom. The van der Waals surface area contributed by atoms with E-state index in [2.05, 4.69) is 5.32 Å². The normalized spacial score (nSPS) is 12.5. The van der Waals surface area contributed by atoms with Crippen LogP contribution in [0.25, 0.3) is 0 Å². The minimum Gasteiger partial charge on any atom is -0.456 e. The number of carbonyl (C=O) groups excluding carboxylic acids is 1. The molecule has 0 saturated heterocycles. The maximum absolute atomic E-state index is 11.5. The molecule has 1 rings (SSSR count). The molecule has 84 valence electrons. The van der Waals surface area contributed by atoms with Crippen LogP contribution in [0.15, 0.2) is 16.5 Å². The third-order valence-electron chi connectivity index (χ3n) is 2.09. The molecule has 4 nitrogen and oxygen atoms in total. The van der Waals surface area contributed by atoms with Crippen LogP contribution in [0.5, 0.6) is 0 Å². The molecule has 0 spiro atoms. The van der Waals surface area contributed by atoms with Gasteiger partial charge in [-0.1, -0.05) is 0 Å². The Kier molecular flexibility index (Phi) is 4.37. The van der Waals surface area contributed by atoms with Crippen molar-refractivity contribution in [1.82, 2.24) is 5.32 Å². The summed E-state index contributed by atoms with van der Waals surface area (Å²) in [5, 5.41) is 2.78. The Labute approximate surface area is 89.8 Å². The van der Waals surface area contributed by atoms with Gasteiger partial charge in [-0.25, -0.2) is 0 Å². The number of furan rings is 1. The predicted molar refractivity (Wildman–Crippen MR) is 58.7 cm³/mol. The van der Waals surface area contributed by atoms with E-state index in [1.807, 2.05) is 13.8 Å². The van der Waals surface area contributed by atoms with Gasteiger partial charge in [0.25, 0.3) is 5.91 Å². The van der Waals surface area contributed by atoms with E-state index < -0.39 is 0 Å². The fourth-order valence-electron chi connectivity index (χ4n) is 1.27. The van der Waals surface area contributed by atoms with Crippen LogP contribution in [0.4, 0.5) is 0 Å². The third-order valence-corrected chi connectivity index (χ3v) is 2.09. The summed E-state index contributed by atoms with van der Waals surface area (Å²) in [5.74, 6) is 0.955. The van der Waals surface area contributed by atoms with E-state index in [0.717, 1.165) is 18.6 Å². The maximum Gasteiger partial charge on any atom is 0.286 e. The average Bonchev–Trinajstić information content (AvgIpc) is 2.59. The van der Waals surface area contributed by atoms with Gasteiger partial charge in [-0.05, 0) is 38.8 Å². The number of hydrogen-bond acceptors (Lipinski definition) is 3. The first-order chi connectivity index (χ1) is 7.09. The molecule has 0 saturated carbocycles. The van der Waals surface area contributed by atoms with E-state index in [4.69, 9.17) is 10.2 Å². The molecule has 1 aromatic heterocycles. The number of hydrogen-bond donors (Lipinski definition) is 2. The number of nitrogens with one attached hydrogen (secondary N) is 1. The van der Waals surface area contributed by atoms with Gasteiger partial charge in [0.2, 0.25) is 0 Å². The largest absolute Gasteiger partial charge is 0.456 e. The van der Waals surface area contributed by atoms with Crippen molar-refractivity contribution in [3.05, 3.63) is 23.7 Å². The molecule has 1 amide bonds. The van der Waals surface area contributed by atoms with Crippen LogP contribution in [0.2, 0.25) is 0 Å². The van der Waals surface area contributed by atoms with E-state index >= 15 is 0 Å². The smallest absolute Gasteiger partial charge is 0.286 e. The van der Waals surface area contributed by atoms with Gasteiger partial charge in [0.1, 0.15) is 5.76 Å². The molecule has 0 bridgehead atoms. The zero-order chi connectivity index (χ0) is 11.3. The highest BCUT2D eigenvalue weighted by molar-refractivity contribution is 5.91. The fraction of sp³-hybridized carbons (Fsp3) is 0.545. The first kappa shape index (κ1) is 11.8. The highest BCUT2D eigenvalue weighted by atomic mass is 16.3. The van der Waals surface area contributed by atoms with Gasteiger partial charge < -0.3 is 15.5 Å². The minimum absolute atomic E-state index is 0.159. The minimum atomic E-state index is -0.159. The number of rotatable bonds is 5. The summed E-state index contributed by atoms with van der Waals surface area (Å²) >= 11 is 0. The standard InChI is InChI=1S/C11H18N2O2/c1-8(12)4-3-7-13-11(14)10-6-5-9(2)15-10/h5-6,8H,3-4,7,12H2,1-2H3,(H,13,14). The highest BCUT2D eigenvalue weighted by Gasteiger charge is 2.08. The summed E-state index contributed by atoms with van der Waals surface area (Å²) in [5.41, 5.74) is 5.59. The van der Waals surface area contributed by atoms with Crippen LogP contribution in [0.3, 0.4) is 0 Å². The van der Waals surface area contributed by atoms with Gasteiger partial charge in [-0.3, -0.25) is 4.79 Å². The average molecular weight is 210 g/mol. The first-order valence-corrected chi connectivity index (χ1v) is 5.20. The molecule has 1 unspecified atom stereocenters. The molecular formula is C11H18N2O2. The van der Waals surface area contributed by atoms with Crippen molar-refractivity contribution in [3.63, 3.8) is 0 Å². The lowest BCUT2D eigenvalue weighted by Crippen LogP contribution is -2.25. The Bertz CT molecular complexity index is 318. The monoisotopic (exact) mass is 210 g/mol. The van der Waals surface area contributed by atoms with Crippen LogP contribution < -0.4 is 11.1 Å². The second-order valence-corrected chi connectivity index (χ2v) is 3.79. The zero-order valence-corrected chi connectivity index (χ0v) is 9.25. The molecule has 1 aromatic rings. The van der Waals surface area contributed by atoms with Gasteiger partial charge in [-0.15, -0.1) is 0 Å². The first-order valence-electron chi connectivity index (χ1n) is 5.20. The van der Waals surface area contributed by atoms with Crippen LogP contribution in [-0.2, 0) is 0 Å². The summed E-state index contributed by atoms with van der Waals surface area (Å²) < 4.78 is 5.19. The van der Waals surface area contributed by atoms with Crippen molar-refractivity contribution < 1.29 is 9.21 Å². The van der Waals surface area contributed by atoms with Gasteiger partial charge >= 0.3 is 0 Å². The highest BCUT2D eigenvalue weighted by Crippen LogP contribution is 2.05. The number of aryl methyl sites for hydroxylation is 1. The van der Waals surface area contributed by atoms with E-state index in [1.54, 1.807) is 12.1 Å². The third kappa shape index (κ3) is 4.16. The van der Waals surface area contributed by atoms with Gasteiger partial charge in [0, 0.05) is 12.6 Å². The van der Waals surface area contributed by atoms with E-state index in [9.17, 15) is 4.79 Å². The lowest BCUT2D eigenvalue weighted by Gasteiger charge is -2.05. The molecule has 3 N–H and O–H groups in total. The molecule has 0 aliphatic rings. The zero-order valence-electron chi connectivity index (χ0n) is 9.25. The SMILES string of the molecule is Cc1ccc(C(=O)NCCCC(C)N)o1. The lowest BCUT2D eigenvalue weighted by atomic mass is 10.2. The Balaban J connectivity index is 2.25. The molecule has 1 heterocycles. The molecule has 0 aliphatic heterocycles. The molecule has 0 radical (unpaired) electrons. The molecule has 15 heavy (non-hydrogen) atoms. The summed E-state index contributed by atoms with van der Waals surface area (Å²) in [4.78, 5) is 11.5. The second kappa shape index (κ2) is 5.56. The van der Waals surface area contributed by atoms with Gasteiger partial charge in [-0.2, -0.15) is 0 Å². The van der Waals surface area contributed by atoms with Crippen LogP contribution in [0.1, 0.15) is 36.1 Å². The lowest BCUT2D eigenvalue weighted by molar-refractivity contribution is 0.0924. The van der Waals surface area contributed by atoms with E-state index in [1.165, 1.54) is 0 Å². The van der Waals surface area contributed by atoms with Crippen molar-refractivity contribution >= 4 is 5.91 Å². The maximum atomic E-state index is 11.5. The summed E-state index contributed by atoms with van der Waals surface area (Å²) in [6.07, 6.45) is 1.81. The van der Waals surface area contributed by atoms with E-state index in [0.29, 0.717) is 12.3 Å². The van der Waals surface area contributed by atoms with Crippen molar-refractivity contribution in [2.75, 3.05) is 6.54 Å². The van der Waals surface area contributed by atoms with Crippen LogP contribution in [0, 0.1) is 6.92 Å². The van der Waals surface area contributed by atoms with Crippen molar-refractivity contribution in [3.8, 4) is 0 Å². The summed E-state index contributed by atoms with van der Waals surface area (Å²) in [6, 6.07) is 3.64. The Hall–Kier alpha value is -1.29. The topological polar surface area (TPSA) is 68.3 Å². The molecule has 0 fully saturated rings. The fourth-order valence-corrected chi connectivity index (χ4v) is 1.27. The van der Waals surface area contributed by atoms with Crippen LogP contribution in [-0.4, -0.2) is 18.5 Å². The van der Waals surface area contributed by atoms with E-state index in [-0.39, 0.29) is 11.9 Å². The van der Waals surface area contributed by atoms with Gasteiger partial charge in [0.15, 0.2) is 5.76 Å². The summed E-state index contributed by atoms with van der Waals surface area (Å²) in [6.45, 7) is 4.41. The Morgan fingerprint density at radius 3 is 2.87 bits per heavy atom. The number of amides is 1. The van der Waals surface area contributed by atoms with Crippen molar-refractivity contribution in [2.45, 2.75) is 32.7 Å². The molecule has 1 atom stereocenters. The number of carbonyl (C=O) groups is 1. The molecular weight excluding hydrogens is 192 g/mol. The molecule has 4 heteroatoms. The van der Waals surface area contributed by atoms with Crippen LogP contribution >= 0.6 is 0 Å².